The van der Waals surface area contributed by atoms with Crippen LogP contribution in [0.1, 0.15) is 26.7 Å². The van der Waals surface area contributed by atoms with Gasteiger partial charge < -0.3 is 29.9 Å². The van der Waals surface area contributed by atoms with E-state index in [1.165, 1.54) is 20.0 Å². The van der Waals surface area contributed by atoms with E-state index in [1.807, 2.05) is 0 Å². The Labute approximate surface area is 102 Å². The Morgan fingerprint density at radius 1 is 1.06 bits per heavy atom. The Bertz CT molecular complexity index is 185. The molecule has 0 aromatic heterocycles. The monoisotopic (exact) mass is 252 g/mol. The molecule has 0 spiro atoms. The fourth-order valence-electron chi connectivity index (χ4n) is 1.36. The minimum atomic E-state index is -1.49. The normalized spacial score (nSPS) is 37.2. The van der Waals surface area contributed by atoms with Crippen molar-refractivity contribution >= 4 is 0 Å². The van der Waals surface area contributed by atoms with E-state index >= 15 is 0 Å². The maximum Gasteiger partial charge on any atom is 0.184 e. The first-order valence-corrected chi connectivity index (χ1v) is 5.86. The SMILES string of the molecule is CCCC.COC1C(CO)OC(O)C(O)C1O. The summed E-state index contributed by atoms with van der Waals surface area (Å²) in [4.78, 5) is 0. The number of methoxy groups -OCH3 is 1. The topological polar surface area (TPSA) is 99.4 Å². The molecule has 1 saturated heterocycles. The zero-order valence-electron chi connectivity index (χ0n) is 10.6. The molecule has 0 saturated carbocycles. The molecule has 0 aliphatic carbocycles. The number of aliphatic hydroxyl groups is 4. The van der Waals surface area contributed by atoms with Crippen molar-refractivity contribution in [3.8, 4) is 0 Å². The first kappa shape index (κ1) is 16.8. The number of hydrogen-bond acceptors (Lipinski definition) is 6. The minimum Gasteiger partial charge on any atom is -0.394 e. The molecular formula is C11H24O6. The lowest BCUT2D eigenvalue weighted by Crippen LogP contribution is -2.59. The molecule has 0 aromatic rings. The van der Waals surface area contributed by atoms with Gasteiger partial charge in [0.1, 0.15) is 24.4 Å². The largest absolute Gasteiger partial charge is 0.394 e. The highest BCUT2D eigenvalue weighted by Crippen LogP contribution is 2.21. The van der Waals surface area contributed by atoms with E-state index in [1.54, 1.807) is 0 Å². The molecule has 5 unspecified atom stereocenters. The number of rotatable bonds is 3. The van der Waals surface area contributed by atoms with E-state index < -0.39 is 30.7 Å². The van der Waals surface area contributed by atoms with E-state index in [9.17, 15) is 10.2 Å². The lowest BCUT2D eigenvalue weighted by molar-refractivity contribution is -0.290. The number of aliphatic hydroxyl groups excluding tert-OH is 4. The van der Waals surface area contributed by atoms with Crippen LogP contribution < -0.4 is 0 Å². The maximum atomic E-state index is 9.38. The molecule has 1 rings (SSSR count). The minimum absolute atomic E-state index is 0.390. The second-order valence-corrected chi connectivity index (χ2v) is 3.93. The summed E-state index contributed by atoms with van der Waals surface area (Å²) in [7, 11) is 1.32. The fourth-order valence-corrected chi connectivity index (χ4v) is 1.36. The predicted octanol–water partition coefficient (Wildman–Crippen LogP) is -0.761. The van der Waals surface area contributed by atoms with Gasteiger partial charge in [0.25, 0.3) is 0 Å². The van der Waals surface area contributed by atoms with Crippen LogP contribution in [0.3, 0.4) is 0 Å². The summed E-state index contributed by atoms with van der Waals surface area (Å²) in [6, 6.07) is 0. The molecule has 1 heterocycles. The van der Waals surface area contributed by atoms with Crippen molar-refractivity contribution in [3.05, 3.63) is 0 Å². The lowest BCUT2D eigenvalue weighted by atomic mass is 9.99. The van der Waals surface area contributed by atoms with E-state index in [-0.39, 0.29) is 6.61 Å². The molecule has 0 amide bonds. The second-order valence-electron chi connectivity index (χ2n) is 3.93. The van der Waals surface area contributed by atoms with Gasteiger partial charge in [-0.15, -0.1) is 0 Å². The number of hydrogen-bond donors (Lipinski definition) is 4. The summed E-state index contributed by atoms with van der Waals surface area (Å²) in [6.45, 7) is 3.97. The van der Waals surface area contributed by atoms with Gasteiger partial charge in [0, 0.05) is 7.11 Å². The van der Waals surface area contributed by atoms with Crippen LogP contribution in [-0.4, -0.2) is 64.8 Å². The molecule has 6 heteroatoms. The molecule has 0 aromatic carbocycles. The number of ether oxygens (including phenoxy) is 2. The Balaban J connectivity index is 0.000000557. The Kier molecular flexibility index (Phi) is 8.67. The van der Waals surface area contributed by atoms with Crippen LogP contribution in [0, 0.1) is 0 Å². The van der Waals surface area contributed by atoms with Crippen LogP contribution >= 0.6 is 0 Å². The van der Waals surface area contributed by atoms with E-state index in [0.29, 0.717) is 0 Å². The van der Waals surface area contributed by atoms with Gasteiger partial charge in [0.2, 0.25) is 0 Å². The average Bonchev–Trinajstić information content (AvgIpc) is 2.35. The third-order valence-electron chi connectivity index (χ3n) is 2.61. The summed E-state index contributed by atoms with van der Waals surface area (Å²) < 4.78 is 9.61. The van der Waals surface area contributed by atoms with Crippen molar-refractivity contribution in [1.29, 1.82) is 0 Å². The van der Waals surface area contributed by atoms with Crippen molar-refractivity contribution in [2.75, 3.05) is 13.7 Å². The van der Waals surface area contributed by atoms with E-state index in [2.05, 4.69) is 13.8 Å². The van der Waals surface area contributed by atoms with Gasteiger partial charge >= 0.3 is 0 Å². The summed E-state index contributed by atoms with van der Waals surface area (Å²) in [5.41, 5.74) is 0. The van der Waals surface area contributed by atoms with Crippen molar-refractivity contribution in [2.45, 2.75) is 57.4 Å². The van der Waals surface area contributed by atoms with Crippen molar-refractivity contribution in [3.63, 3.8) is 0 Å². The van der Waals surface area contributed by atoms with Gasteiger partial charge in [-0.2, -0.15) is 0 Å². The molecule has 104 valence electrons. The van der Waals surface area contributed by atoms with Gasteiger partial charge in [-0.25, -0.2) is 0 Å². The predicted molar refractivity (Wildman–Crippen MR) is 61.4 cm³/mol. The summed E-state index contributed by atoms with van der Waals surface area (Å²) >= 11 is 0. The zero-order valence-corrected chi connectivity index (χ0v) is 10.6. The first-order valence-electron chi connectivity index (χ1n) is 5.86. The first-order chi connectivity index (χ1) is 8.03. The molecule has 17 heavy (non-hydrogen) atoms. The highest BCUT2D eigenvalue weighted by molar-refractivity contribution is 4.89. The molecule has 5 atom stereocenters. The maximum absolute atomic E-state index is 9.38. The third-order valence-corrected chi connectivity index (χ3v) is 2.61. The fraction of sp³-hybridized carbons (Fsp3) is 1.00. The molecule has 4 N–H and O–H groups in total. The van der Waals surface area contributed by atoms with Crippen molar-refractivity contribution in [2.24, 2.45) is 0 Å². The van der Waals surface area contributed by atoms with E-state index in [4.69, 9.17) is 19.7 Å². The van der Waals surface area contributed by atoms with Gasteiger partial charge in [-0.05, 0) is 0 Å². The van der Waals surface area contributed by atoms with Crippen molar-refractivity contribution in [1.82, 2.24) is 0 Å². The van der Waals surface area contributed by atoms with Crippen LogP contribution in [0.5, 0.6) is 0 Å². The highest BCUT2D eigenvalue weighted by atomic mass is 16.6. The van der Waals surface area contributed by atoms with Crippen molar-refractivity contribution < 1.29 is 29.9 Å². The molecule has 1 aliphatic rings. The van der Waals surface area contributed by atoms with Crippen LogP contribution in [0.25, 0.3) is 0 Å². The standard InChI is InChI=1S/C7H14O6.C4H10/c1-12-6-3(2-8)13-7(11)5(10)4(6)9;1-3-4-2/h3-11H,2H2,1H3;3-4H2,1-2H3. The lowest BCUT2D eigenvalue weighted by Gasteiger charge is -2.39. The quantitative estimate of drug-likeness (QED) is 0.527. The van der Waals surface area contributed by atoms with Gasteiger partial charge in [-0.3, -0.25) is 0 Å². The van der Waals surface area contributed by atoms with E-state index in [0.717, 1.165) is 0 Å². The molecule has 0 radical (unpaired) electrons. The molecule has 0 bridgehead atoms. The smallest absolute Gasteiger partial charge is 0.184 e. The van der Waals surface area contributed by atoms with Gasteiger partial charge in [0.15, 0.2) is 6.29 Å². The van der Waals surface area contributed by atoms with Crippen LogP contribution in [0.4, 0.5) is 0 Å². The molecule has 6 nitrogen and oxygen atoms in total. The summed E-state index contributed by atoms with van der Waals surface area (Å²) in [6.07, 6.45) is -3.17. The third kappa shape index (κ3) is 4.87. The molecular weight excluding hydrogens is 228 g/mol. The summed E-state index contributed by atoms with van der Waals surface area (Å²) in [5, 5.41) is 36.4. The summed E-state index contributed by atoms with van der Waals surface area (Å²) in [5.74, 6) is 0. The molecule has 1 fully saturated rings. The second kappa shape index (κ2) is 8.79. The highest BCUT2D eigenvalue weighted by Gasteiger charge is 2.43. The zero-order chi connectivity index (χ0) is 13.4. The average molecular weight is 252 g/mol. The van der Waals surface area contributed by atoms with Gasteiger partial charge in [-0.1, -0.05) is 26.7 Å². The Hall–Kier alpha value is -0.240. The van der Waals surface area contributed by atoms with Crippen LogP contribution in [-0.2, 0) is 9.47 Å². The molecule has 1 aliphatic heterocycles. The van der Waals surface area contributed by atoms with Crippen LogP contribution in [0.15, 0.2) is 0 Å². The Morgan fingerprint density at radius 3 is 1.94 bits per heavy atom. The number of unbranched alkanes of at least 4 members (excludes halogenated alkanes) is 1. The van der Waals surface area contributed by atoms with Crippen LogP contribution in [0.2, 0.25) is 0 Å². The van der Waals surface area contributed by atoms with Gasteiger partial charge in [0.05, 0.1) is 6.61 Å². The Morgan fingerprint density at radius 2 is 1.59 bits per heavy atom.